The average Bonchev–Trinajstić information content (AvgIpc) is 2.42. The molecule has 0 saturated carbocycles. The molecule has 0 fully saturated rings. The Morgan fingerprint density at radius 3 is 1.42 bits per heavy atom. The molecule has 1 unspecified atom stereocenters. The van der Waals surface area contributed by atoms with Gasteiger partial charge >= 0.3 is 124 Å². The molecule has 0 amide bonds. The van der Waals surface area contributed by atoms with Gasteiger partial charge in [-0.3, -0.25) is 0 Å². The molecule has 0 aromatic heterocycles. The van der Waals surface area contributed by atoms with Crippen LogP contribution in [0.15, 0.2) is 22.8 Å². The van der Waals surface area contributed by atoms with Crippen LogP contribution in [0.25, 0.3) is 0 Å². The second-order valence-corrected chi connectivity index (χ2v) is 14.4. The van der Waals surface area contributed by atoms with Gasteiger partial charge in [0.15, 0.2) is 0 Å². The molecule has 110 valence electrons. The Labute approximate surface area is 124 Å². The molecule has 0 saturated heterocycles. The van der Waals surface area contributed by atoms with Gasteiger partial charge in [-0.2, -0.15) is 0 Å². The fourth-order valence-electron chi connectivity index (χ4n) is 4.28. The predicted octanol–water partition coefficient (Wildman–Crippen LogP) is 3.05. The van der Waals surface area contributed by atoms with Crippen LogP contribution in [0.2, 0.25) is 3.72 Å². The van der Waals surface area contributed by atoms with E-state index in [1.165, 1.54) is 11.1 Å². The van der Waals surface area contributed by atoms with Crippen molar-refractivity contribution in [3.63, 3.8) is 0 Å². The Bertz CT molecular complexity index is 399. The molecule has 1 rings (SSSR count). The molecule has 0 aromatic rings. The van der Waals surface area contributed by atoms with Crippen LogP contribution < -0.4 is 0 Å². The van der Waals surface area contributed by atoms with E-state index < -0.39 is 17.4 Å². The van der Waals surface area contributed by atoms with Gasteiger partial charge in [0.1, 0.15) is 0 Å². The van der Waals surface area contributed by atoms with Crippen molar-refractivity contribution >= 4 is 0 Å². The maximum atomic E-state index is 2.51. The Balaban J connectivity index is 3.61. The molecule has 1 aliphatic carbocycles. The zero-order chi connectivity index (χ0) is 15.2. The first-order valence-electron chi connectivity index (χ1n) is 6.93. The molecule has 0 N–H and O–H groups in total. The van der Waals surface area contributed by atoms with Crippen molar-refractivity contribution in [1.82, 2.24) is 10.1 Å². The van der Waals surface area contributed by atoms with Crippen LogP contribution >= 0.6 is 0 Å². The van der Waals surface area contributed by atoms with E-state index in [1.54, 1.807) is 5.57 Å². The zero-order valence-electron chi connectivity index (χ0n) is 14.4. The summed E-state index contributed by atoms with van der Waals surface area (Å²) < 4.78 is 7.67. The monoisotopic (exact) mass is 301 g/mol. The van der Waals surface area contributed by atoms with E-state index >= 15 is 0 Å². The number of nitrogens with zero attached hydrogens (tertiary/aromatic N) is 3. The number of hydrogen-bond donors (Lipinski definition) is 0. The minimum absolute atomic E-state index is 0.157. The average molecular weight is 301 g/mol. The molecule has 4 heteroatoms. The molecule has 0 bridgehead atoms. The van der Waals surface area contributed by atoms with Crippen LogP contribution in [0.3, 0.4) is 0 Å². The predicted molar refractivity (Wildman–Crippen MR) is 81.6 cm³/mol. The SMILES string of the molecule is CC1=C[C](C)([Ti]([N](C)C)([N](C)C)[N](C)C)C(C)=C1C. The van der Waals surface area contributed by atoms with Gasteiger partial charge in [0.05, 0.1) is 0 Å². The van der Waals surface area contributed by atoms with Crippen molar-refractivity contribution in [3.8, 4) is 0 Å². The Hall–Kier alpha value is 0.0743. The quantitative estimate of drug-likeness (QED) is 0.739. The normalized spacial score (nSPS) is 25.0. The van der Waals surface area contributed by atoms with E-state index in [0.29, 0.717) is 0 Å². The Morgan fingerprint density at radius 1 is 0.842 bits per heavy atom. The molecule has 3 nitrogen and oxygen atoms in total. The van der Waals surface area contributed by atoms with Crippen molar-refractivity contribution in [1.29, 1.82) is 0 Å². The van der Waals surface area contributed by atoms with E-state index in [1.807, 2.05) is 0 Å². The van der Waals surface area contributed by atoms with Gasteiger partial charge in [0, 0.05) is 0 Å². The molecular formula is C15H31N3Ti. The molecule has 0 spiro atoms. The molecule has 0 aliphatic heterocycles. The number of allylic oxidation sites excluding steroid dienone is 4. The van der Waals surface area contributed by atoms with Gasteiger partial charge in [0.25, 0.3) is 0 Å². The summed E-state index contributed by atoms with van der Waals surface area (Å²) in [4.78, 5) is 0. The first kappa shape index (κ1) is 17.1. The fourth-order valence-corrected chi connectivity index (χ4v) is 14.1. The summed E-state index contributed by atoms with van der Waals surface area (Å²) >= 11 is -2.64. The summed E-state index contributed by atoms with van der Waals surface area (Å²) in [5.74, 6) is 0. The zero-order valence-corrected chi connectivity index (χ0v) is 16.0. The summed E-state index contributed by atoms with van der Waals surface area (Å²) in [6, 6.07) is 0. The van der Waals surface area contributed by atoms with Crippen molar-refractivity contribution in [2.45, 2.75) is 31.4 Å². The van der Waals surface area contributed by atoms with Crippen molar-refractivity contribution in [2.75, 3.05) is 42.3 Å². The molecular weight excluding hydrogens is 270 g/mol. The van der Waals surface area contributed by atoms with Crippen molar-refractivity contribution in [2.24, 2.45) is 0 Å². The summed E-state index contributed by atoms with van der Waals surface area (Å²) in [5, 5.41) is 0. The second kappa shape index (κ2) is 5.46. The third kappa shape index (κ3) is 2.20. The Morgan fingerprint density at radius 2 is 1.21 bits per heavy atom. The van der Waals surface area contributed by atoms with Gasteiger partial charge < -0.3 is 0 Å². The van der Waals surface area contributed by atoms with Crippen LogP contribution in [0.1, 0.15) is 27.7 Å². The van der Waals surface area contributed by atoms with E-state index in [4.69, 9.17) is 0 Å². The van der Waals surface area contributed by atoms with Gasteiger partial charge in [-0.25, -0.2) is 0 Å². The molecule has 0 radical (unpaired) electrons. The summed E-state index contributed by atoms with van der Waals surface area (Å²) in [7, 11) is 13.5. The molecule has 0 heterocycles. The Kier molecular flexibility index (Phi) is 4.92. The first-order valence-corrected chi connectivity index (χ1v) is 9.81. The molecule has 0 aromatic carbocycles. The van der Waals surface area contributed by atoms with Crippen molar-refractivity contribution in [3.05, 3.63) is 22.8 Å². The van der Waals surface area contributed by atoms with E-state index in [2.05, 4.69) is 86.2 Å². The van der Waals surface area contributed by atoms with E-state index in [0.717, 1.165) is 0 Å². The van der Waals surface area contributed by atoms with Crippen molar-refractivity contribution < 1.29 is 17.4 Å². The standard InChI is InChI=1S/C9H13.3C2H6N.Ti/c1-6-5-7(2)9(4)8(6)3;3*1-3-2;/h5H,1-4H3;3*1-2H3;/q;3*-1;+3. The van der Waals surface area contributed by atoms with Gasteiger partial charge in [-0.15, -0.1) is 0 Å². The maximum absolute atomic E-state index is 2.64. The molecule has 1 atom stereocenters. The number of rotatable bonds is 4. The van der Waals surface area contributed by atoms with E-state index in [-0.39, 0.29) is 3.72 Å². The van der Waals surface area contributed by atoms with Gasteiger partial charge in [-0.05, 0) is 0 Å². The van der Waals surface area contributed by atoms with Crippen LogP contribution in [-0.4, -0.2) is 52.4 Å². The molecule has 1 aliphatic rings. The third-order valence-corrected chi connectivity index (χ3v) is 13.8. The van der Waals surface area contributed by atoms with Crippen LogP contribution in [-0.2, 0) is 17.4 Å². The number of hydrogen-bond acceptors (Lipinski definition) is 3. The topological polar surface area (TPSA) is 9.72 Å². The van der Waals surface area contributed by atoms with E-state index in [9.17, 15) is 0 Å². The summed E-state index contributed by atoms with van der Waals surface area (Å²) in [6.07, 6.45) is 2.51. The summed E-state index contributed by atoms with van der Waals surface area (Å²) in [5.41, 5.74) is 4.46. The fraction of sp³-hybridized carbons (Fsp3) is 0.733. The first-order chi connectivity index (χ1) is 8.53. The van der Waals surface area contributed by atoms with Gasteiger partial charge in [0.2, 0.25) is 0 Å². The third-order valence-electron chi connectivity index (χ3n) is 5.01. The second-order valence-electron chi connectivity index (χ2n) is 6.60. The van der Waals surface area contributed by atoms with Gasteiger partial charge in [-0.1, -0.05) is 0 Å². The van der Waals surface area contributed by atoms with Crippen LogP contribution in [0.5, 0.6) is 0 Å². The minimum atomic E-state index is -2.64. The summed E-state index contributed by atoms with van der Waals surface area (Å²) in [6.45, 7) is 9.26. The van der Waals surface area contributed by atoms with Crippen LogP contribution in [0.4, 0.5) is 0 Å². The van der Waals surface area contributed by atoms with Crippen LogP contribution in [0, 0.1) is 0 Å². The molecule has 19 heavy (non-hydrogen) atoms.